The Morgan fingerprint density at radius 2 is 2.00 bits per heavy atom. The van der Waals surface area contributed by atoms with Gasteiger partial charge in [0, 0.05) is 0 Å². The van der Waals surface area contributed by atoms with Crippen LogP contribution in [0.5, 0.6) is 0 Å². The molecule has 2 rings (SSSR count). The summed E-state index contributed by atoms with van der Waals surface area (Å²) < 4.78 is 4.77. The summed E-state index contributed by atoms with van der Waals surface area (Å²) >= 11 is 0. The van der Waals surface area contributed by atoms with E-state index in [1.54, 1.807) is 0 Å². The van der Waals surface area contributed by atoms with Crippen molar-refractivity contribution < 1.29 is 4.52 Å². The van der Waals surface area contributed by atoms with E-state index in [9.17, 15) is 0 Å². The molecule has 1 fully saturated rings. The number of nitrogens with two attached hydrogens (primary N) is 1. The Kier molecular flexibility index (Phi) is 3.32. The summed E-state index contributed by atoms with van der Waals surface area (Å²) in [4.78, 5) is 3.98. The average molecular weight is 250 g/mol. The Morgan fingerprint density at radius 3 is 2.39 bits per heavy atom. The van der Waals surface area contributed by atoms with Gasteiger partial charge in [0.1, 0.15) is 0 Å². The van der Waals surface area contributed by atoms with Gasteiger partial charge in [0.2, 0.25) is 0 Å². The van der Waals surface area contributed by atoms with Gasteiger partial charge in [-0.2, -0.15) is 4.98 Å². The zero-order valence-corrected chi connectivity index (χ0v) is 11.5. The van der Waals surface area contributed by atoms with Gasteiger partial charge in [-0.1, -0.05) is 39.8 Å². The van der Waals surface area contributed by atoms with Crippen molar-refractivity contribution in [2.75, 3.05) is 11.1 Å². The van der Waals surface area contributed by atoms with Crippen molar-refractivity contribution in [3.63, 3.8) is 0 Å². The number of aromatic nitrogens is 2. The van der Waals surface area contributed by atoms with E-state index in [2.05, 4.69) is 49.7 Å². The second kappa shape index (κ2) is 4.63. The lowest BCUT2D eigenvalue weighted by Gasteiger charge is -2.24. The molecule has 0 aliphatic heterocycles. The van der Waals surface area contributed by atoms with E-state index in [1.807, 2.05) is 0 Å². The lowest BCUT2D eigenvalue weighted by Crippen LogP contribution is -2.29. The van der Waals surface area contributed by atoms with E-state index in [0.717, 1.165) is 11.8 Å². The molecule has 0 radical (unpaired) electrons. The molecule has 1 aromatic heterocycles. The molecule has 0 bridgehead atoms. The highest BCUT2D eigenvalue weighted by Crippen LogP contribution is 2.51. The molecule has 1 heterocycles. The van der Waals surface area contributed by atoms with E-state index in [0.29, 0.717) is 17.8 Å². The lowest BCUT2D eigenvalue weighted by atomic mass is 9.92. The summed E-state index contributed by atoms with van der Waals surface area (Å²) in [6.07, 6.45) is 0. The number of rotatable bonds is 5. The van der Waals surface area contributed by atoms with E-state index in [4.69, 9.17) is 10.3 Å². The van der Waals surface area contributed by atoms with Crippen LogP contribution in [0.25, 0.3) is 0 Å². The van der Waals surface area contributed by atoms with Crippen molar-refractivity contribution in [1.82, 2.24) is 10.1 Å². The maximum atomic E-state index is 5.42. The third-order valence-electron chi connectivity index (χ3n) is 4.04. The number of nitrogens with one attached hydrogen (secondary N) is 1. The maximum Gasteiger partial charge on any atom is 0.320 e. The summed E-state index contributed by atoms with van der Waals surface area (Å²) in [6, 6.07) is 0.234. The van der Waals surface area contributed by atoms with Crippen molar-refractivity contribution in [2.45, 2.75) is 33.7 Å². The first-order valence-corrected chi connectivity index (χ1v) is 6.46. The second-order valence-corrected chi connectivity index (χ2v) is 5.64. The molecule has 3 N–H and O–H groups in total. The minimum atomic E-state index is 0.0822. The molecule has 0 spiro atoms. The lowest BCUT2D eigenvalue weighted by molar-refractivity contribution is 0.434. The minimum absolute atomic E-state index is 0.0822. The quantitative estimate of drug-likeness (QED) is 0.785. The zero-order chi connectivity index (χ0) is 13.4. The van der Waals surface area contributed by atoms with E-state index < -0.39 is 0 Å². The molecular weight excluding hydrogens is 228 g/mol. The summed E-state index contributed by atoms with van der Waals surface area (Å²) in [6.45, 7) is 13.1. The normalized spacial score (nSPS) is 28.2. The van der Waals surface area contributed by atoms with Gasteiger partial charge in [-0.25, -0.2) is 0 Å². The molecule has 3 unspecified atom stereocenters. The predicted molar refractivity (Wildman–Crippen MR) is 71.9 cm³/mol. The smallest absolute Gasteiger partial charge is 0.320 e. The van der Waals surface area contributed by atoms with Crippen LogP contribution >= 0.6 is 0 Å². The third-order valence-corrected chi connectivity index (χ3v) is 4.04. The third kappa shape index (κ3) is 2.35. The molecule has 1 saturated carbocycles. The van der Waals surface area contributed by atoms with Crippen LogP contribution in [0, 0.1) is 23.7 Å². The highest BCUT2D eigenvalue weighted by atomic mass is 16.5. The summed E-state index contributed by atoms with van der Waals surface area (Å²) in [7, 11) is 0. The van der Waals surface area contributed by atoms with Gasteiger partial charge in [0.15, 0.2) is 0 Å². The molecule has 3 atom stereocenters. The van der Waals surface area contributed by atoms with Gasteiger partial charge >= 0.3 is 6.01 Å². The molecular formula is C13H22N4O. The van der Waals surface area contributed by atoms with Gasteiger partial charge < -0.3 is 15.6 Å². The Labute approximate surface area is 108 Å². The molecule has 18 heavy (non-hydrogen) atoms. The van der Waals surface area contributed by atoms with Crippen LogP contribution in [0.15, 0.2) is 16.7 Å². The van der Waals surface area contributed by atoms with E-state index in [-0.39, 0.29) is 12.1 Å². The maximum absolute atomic E-state index is 5.42. The number of hydrogen-bond acceptors (Lipinski definition) is 5. The first kappa shape index (κ1) is 12.9. The Morgan fingerprint density at radius 1 is 1.39 bits per heavy atom. The molecule has 1 aromatic rings. The first-order valence-electron chi connectivity index (χ1n) is 6.46. The van der Waals surface area contributed by atoms with Gasteiger partial charge in [-0.3, -0.25) is 0 Å². The van der Waals surface area contributed by atoms with Gasteiger partial charge in [0.05, 0.1) is 6.04 Å². The van der Waals surface area contributed by atoms with Crippen molar-refractivity contribution in [2.24, 2.45) is 23.7 Å². The molecule has 5 nitrogen and oxygen atoms in total. The molecule has 5 heteroatoms. The molecule has 0 amide bonds. The molecule has 100 valence electrons. The summed E-state index contributed by atoms with van der Waals surface area (Å²) in [5, 5.41) is 7.04. The highest BCUT2D eigenvalue weighted by Gasteiger charge is 2.46. The molecule has 0 aromatic carbocycles. The van der Waals surface area contributed by atoms with Crippen molar-refractivity contribution in [3.8, 4) is 0 Å². The van der Waals surface area contributed by atoms with Crippen LogP contribution in [0.2, 0.25) is 0 Å². The Hall–Kier alpha value is -1.52. The number of nitrogen functional groups attached to an aromatic ring is 1. The van der Waals surface area contributed by atoms with Crippen LogP contribution in [0.1, 0.15) is 27.7 Å². The monoisotopic (exact) mass is 250 g/mol. The van der Waals surface area contributed by atoms with Crippen LogP contribution in [0.4, 0.5) is 12.0 Å². The van der Waals surface area contributed by atoms with E-state index >= 15 is 0 Å². The first-order chi connectivity index (χ1) is 8.41. The Bertz CT molecular complexity index is 432. The van der Waals surface area contributed by atoms with Gasteiger partial charge in [0.25, 0.3) is 5.95 Å². The highest BCUT2D eigenvalue weighted by molar-refractivity contribution is 5.35. The zero-order valence-electron chi connectivity index (χ0n) is 11.5. The SMILES string of the molecule is C=C(C(Nc1noc(N)n1)C(C)C)C1C(C)C1C. The van der Waals surface area contributed by atoms with Crippen LogP contribution < -0.4 is 11.1 Å². The summed E-state index contributed by atoms with van der Waals surface area (Å²) in [5.74, 6) is 2.88. The second-order valence-electron chi connectivity index (χ2n) is 5.64. The molecule has 0 saturated heterocycles. The number of nitrogens with zero attached hydrogens (tertiary/aromatic N) is 2. The van der Waals surface area contributed by atoms with Crippen LogP contribution in [-0.2, 0) is 0 Å². The summed E-state index contributed by atoms with van der Waals surface area (Å²) in [5.41, 5.74) is 6.65. The van der Waals surface area contributed by atoms with Crippen molar-refractivity contribution >= 4 is 12.0 Å². The van der Waals surface area contributed by atoms with Crippen LogP contribution in [-0.4, -0.2) is 16.2 Å². The number of hydrogen-bond donors (Lipinski definition) is 2. The van der Waals surface area contributed by atoms with Gasteiger partial charge in [-0.15, -0.1) is 0 Å². The fraction of sp³-hybridized carbons (Fsp3) is 0.692. The molecule has 1 aliphatic rings. The topological polar surface area (TPSA) is 77.0 Å². The standard InChI is InChI=1S/C13H22N4O/c1-6(2)11(9(5)10-7(3)8(10)4)15-13-16-12(14)18-17-13/h6-8,10-11H,5H2,1-4H3,(H3,14,15,16,17). The fourth-order valence-corrected chi connectivity index (χ4v) is 2.67. The predicted octanol–water partition coefficient (Wildman–Crippen LogP) is 2.55. The van der Waals surface area contributed by atoms with Crippen molar-refractivity contribution in [3.05, 3.63) is 12.2 Å². The fourth-order valence-electron chi connectivity index (χ4n) is 2.67. The minimum Gasteiger partial charge on any atom is -0.351 e. The van der Waals surface area contributed by atoms with Crippen LogP contribution in [0.3, 0.4) is 0 Å². The average Bonchev–Trinajstić information content (AvgIpc) is 2.72. The largest absolute Gasteiger partial charge is 0.351 e. The van der Waals surface area contributed by atoms with Crippen molar-refractivity contribution in [1.29, 1.82) is 0 Å². The van der Waals surface area contributed by atoms with Gasteiger partial charge in [-0.05, 0) is 28.8 Å². The molecule has 1 aliphatic carbocycles. The Balaban J connectivity index is 2.07. The van der Waals surface area contributed by atoms with E-state index in [1.165, 1.54) is 5.57 Å². The number of anilines is 2.